The van der Waals surface area contributed by atoms with E-state index in [0.29, 0.717) is 19.4 Å². The predicted octanol–water partition coefficient (Wildman–Crippen LogP) is 6.67. The number of pyridine rings is 1. The van der Waals surface area contributed by atoms with Crippen LogP contribution in [0.25, 0.3) is 11.1 Å². The standard InChI is InChI=1S/C33H34N2O2/c36-31(17-16-27-8-6-18-34-23-27)22-26-12-14-28(15-13-26)25-37-33-11-2-1-10-32(33)30-9-5-7-29(21-30)24-35-19-3-4-20-35/h1-2,5-15,18,21,23H,3-4,16-17,19-20,22,24-25H2. The molecule has 0 saturated carbocycles. The fraction of sp³-hybridized carbons (Fsp3) is 0.273. The maximum absolute atomic E-state index is 12.4. The van der Waals surface area contributed by atoms with Crippen LogP contribution in [-0.4, -0.2) is 28.8 Å². The maximum atomic E-state index is 12.4. The van der Waals surface area contributed by atoms with Crippen LogP contribution in [-0.2, 0) is 30.8 Å². The van der Waals surface area contributed by atoms with Gasteiger partial charge in [-0.2, -0.15) is 0 Å². The molecule has 0 unspecified atom stereocenters. The number of Topliss-reactive ketones (excluding diaryl/α,β-unsaturated/α-hetero) is 1. The third-order valence-electron chi connectivity index (χ3n) is 6.96. The third kappa shape index (κ3) is 7.14. The second kappa shape index (κ2) is 12.5. The van der Waals surface area contributed by atoms with Crippen molar-refractivity contribution in [1.82, 2.24) is 9.88 Å². The molecular weight excluding hydrogens is 456 g/mol. The van der Waals surface area contributed by atoms with Crippen LogP contribution in [0.3, 0.4) is 0 Å². The average Bonchev–Trinajstić information content (AvgIpc) is 3.45. The van der Waals surface area contributed by atoms with E-state index >= 15 is 0 Å². The van der Waals surface area contributed by atoms with Crippen LogP contribution in [0.4, 0.5) is 0 Å². The molecule has 188 valence electrons. The van der Waals surface area contributed by atoms with E-state index in [2.05, 4.69) is 58.4 Å². The van der Waals surface area contributed by atoms with Crippen molar-refractivity contribution in [3.05, 3.63) is 120 Å². The Hall–Kier alpha value is -3.76. The monoisotopic (exact) mass is 490 g/mol. The highest BCUT2D eigenvalue weighted by Gasteiger charge is 2.13. The summed E-state index contributed by atoms with van der Waals surface area (Å²) in [5.41, 5.74) is 6.87. The van der Waals surface area contributed by atoms with Gasteiger partial charge in [-0.25, -0.2) is 0 Å². The summed E-state index contributed by atoms with van der Waals surface area (Å²) in [5, 5.41) is 0. The van der Waals surface area contributed by atoms with Crippen molar-refractivity contribution < 1.29 is 9.53 Å². The van der Waals surface area contributed by atoms with Gasteiger partial charge in [-0.15, -0.1) is 0 Å². The molecule has 4 heteroatoms. The van der Waals surface area contributed by atoms with Crippen LogP contribution in [0.5, 0.6) is 5.75 Å². The van der Waals surface area contributed by atoms with Crippen molar-refractivity contribution in [1.29, 1.82) is 0 Å². The van der Waals surface area contributed by atoms with Gasteiger partial charge in [0.15, 0.2) is 0 Å². The highest BCUT2D eigenvalue weighted by molar-refractivity contribution is 5.81. The lowest BCUT2D eigenvalue weighted by Crippen LogP contribution is -2.18. The number of ether oxygens (including phenoxy) is 1. The smallest absolute Gasteiger partial charge is 0.137 e. The zero-order valence-electron chi connectivity index (χ0n) is 21.3. The first-order valence-electron chi connectivity index (χ1n) is 13.2. The Morgan fingerprint density at radius 3 is 2.41 bits per heavy atom. The van der Waals surface area contributed by atoms with E-state index in [9.17, 15) is 4.79 Å². The van der Waals surface area contributed by atoms with Crippen molar-refractivity contribution in [2.24, 2.45) is 0 Å². The van der Waals surface area contributed by atoms with E-state index in [1.54, 1.807) is 6.20 Å². The number of para-hydroxylation sites is 1. The molecule has 0 spiro atoms. The second-order valence-electron chi connectivity index (χ2n) is 9.86. The minimum absolute atomic E-state index is 0.244. The molecule has 0 amide bonds. The number of benzene rings is 3. The largest absolute Gasteiger partial charge is 0.488 e. The molecule has 37 heavy (non-hydrogen) atoms. The molecule has 0 aliphatic carbocycles. The van der Waals surface area contributed by atoms with Gasteiger partial charge in [-0.3, -0.25) is 14.7 Å². The van der Waals surface area contributed by atoms with Gasteiger partial charge in [-0.05, 0) is 78.4 Å². The van der Waals surface area contributed by atoms with Gasteiger partial charge in [-0.1, -0.05) is 66.7 Å². The molecule has 1 aliphatic heterocycles. The molecule has 4 nitrogen and oxygen atoms in total. The molecule has 0 atom stereocenters. The number of nitrogens with zero attached hydrogens (tertiary/aromatic N) is 2. The van der Waals surface area contributed by atoms with E-state index < -0.39 is 0 Å². The van der Waals surface area contributed by atoms with E-state index in [1.807, 2.05) is 42.6 Å². The Kier molecular flexibility index (Phi) is 8.39. The number of carbonyl (C=O) groups is 1. The summed E-state index contributed by atoms with van der Waals surface area (Å²) >= 11 is 0. The minimum Gasteiger partial charge on any atom is -0.488 e. The number of aromatic nitrogens is 1. The van der Waals surface area contributed by atoms with Gasteiger partial charge >= 0.3 is 0 Å². The Bertz CT molecular complexity index is 1300. The molecule has 0 bridgehead atoms. The van der Waals surface area contributed by atoms with Crippen molar-refractivity contribution in [2.45, 2.75) is 45.3 Å². The molecule has 0 radical (unpaired) electrons. The highest BCUT2D eigenvalue weighted by atomic mass is 16.5. The van der Waals surface area contributed by atoms with Crippen molar-refractivity contribution in [3.8, 4) is 16.9 Å². The van der Waals surface area contributed by atoms with E-state index in [-0.39, 0.29) is 5.78 Å². The first kappa shape index (κ1) is 24.9. The summed E-state index contributed by atoms with van der Waals surface area (Å²) in [7, 11) is 0. The summed E-state index contributed by atoms with van der Waals surface area (Å²) in [6, 6.07) is 29.2. The average molecular weight is 491 g/mol. The lowest BCUT2D eigenvalue weighted by atomic mass is 10.0. The minimum atomic E-state index is 0.244. The quantitative estimate of drug-likeness (QED) is 0.236. The van der Waals surface area contributed by atoms with Crippen LogP contribution >= 0.6 is 0 Å². The maximum Gasteiger partial charge on any atom is 0.137 e. The van der Waals surface area contributed by atoms with Crippen LogP contribution in [0.1, 0.15) is 41.5 Å². The highest BCUT2D eigenvalue weighted by Crippen LogP contribution is 2.31. The third-order valence-corrected chi connectivity index (χ3v) is 6.96. The van der Waals surface area contributed by atoms with Gasteiger partial charge in [0.2, 0.25) is 0 Å². The summed E-state index contributed by atoms with van der Waals surface area (Å²) in [6.45, 7) is 3.89. The molecule has 4 aromatic rings. The summed E-state index contributed by atoms with van der Waals surface area (Å²) in [5.74, 6) is 1.13. The van der Waals surface area contributed by atoms with Crippen LogP contribution in [0.2, 0.25) is 0 Å². The van der Waals surface area contributed by atoms with Crippen LogP contribution < -0.4 is 4.74 Å². The summed E-state index contributed by atoms with van der Waals surface area (Å²) in [6.07, 6.45) is 7.91. The Morgan fingerprint density at radius 1 is 0.811 bits per heavy atom. The second-order valence-corrected chi connectivity index (χ2v) is 9.86. The van der Waals surface area contributed by atoms with Gasteiger partial charge in [0, 0.05) is 37.3 Å². The lowest BCUT2D eigenvalue weighted by molar-refractivity contribution is -0.118. The van der Waals surface area contributed by atoms with E-state index in [4.69, 9.17) is 4.74 Å². The Balaban J connectivity index is 1.17. The predicted molar refractivity (Wildman–Crippen MR) is 148 cm³/mol. The zero-order valence-corrected chi connectivity index (χ0v) is 21.3. The van der Waals surface area contributed by atoms with Crippen LogP contribution in [0, 0.1) is 0 Å². The first-order valence-corrected chi connectivity index (χ1v) is 13.2. The molecule has 1 aliphatic rings. The molecule has 3 aromatic carbocycles. The number of ketones is 1. The molecule has 1 saturated heterocycles. The fourth-order valence-electron chi connectivity index (χ4n) is 4.93. The topological polar surface area (TPSA) is 42.4 Å². The Labute approximate surface area is 220 Å². The first-order chi connectivity index (χ1) is 18.2. The normalized spacial score (nSPS) is 13.5. The Morgan fingerprint density at radius 2 is 1.59 bits per heavy atom. The van der Waals surface area contributed by atoms with E-state index in [1.165, 1.54) is 37.1 Å². The molecule has 1 aromatic heterocycles. The summed E-state index contributed by atoms with van der Waals surface area (Å²) < 4.78 is 6.28. The number of rotatable bonds is 11. The molecule has 1 fully saturated rings. The van der Waals surface area contributed by atoms with Gasteiger partial charge < -0.3 is 4.74 Å². The number of hydrogen-bond donors (Lipinski definition) is 0. The van der Waals surface area contributed by atoms with Gasteiger partial charge in [0.1, 0.15) is 18.1 Å². The number of aryl methyl sites for hydroxylation is 1. The SMILES string of the molecule is O=C(CCc1cccnc1)Cc1ccc(COc2ccccc2-c2cccc(CN3CCCC3)c2)cc1. The molecule has 0 N–H and O–H groups in total. The number of likely N-dealkylation sites (tertiary alicyclic amines) is 1. The van der Waals surface area contributed by atoms with Crippen molar-refractivity contribution in [2.75, 3.05) is 13.1 Å². The van der Waals surface area contributed by atoms with Crippen molar-refractivity contribution >= 4 is 5.78 Å². The van der Waals surface area contributed by atoms with Crippen LogP contribution in [0.15, 0.2) is 97.3 Å². The number of hydrogen-bond acceptors (Lipinski definition) is 4. The lowest BCUT2D eigenvalue weighted by Gasteiger charge is -2.16. The fourth-order valence-corrected chi connectivity index (χ4v) is 4.93. The van der Waals surface area contributed by atoms with Crippen molar-refractivity contribution in [3.63, 3.8) is 0 Å². The number of carbonyl (C=O) groups excluding carboxylic acids is 1. The zero-order chi connectivity index (χ0) is 25.3. The molecule has 2 heterocycles. The van der Waals surface area contributed by atoms with Gasteiger partial charge in [0.25, 0.3) is 0 Å². The summed E-state index contributed by atoms with van der Waals surface area (Å²) in [4.78, 5) is 19.1. The molecular formula is C33H34N2O2. The molecule has 5 rings (SSSR count). The van der Waals surface area contributed by atoms with Gasteiger partial charge in [0.05, 0.1) is 0 Å². The van der Waals surface area contributed by atoms with E-state index in [0.717, 1.165) is 41.0 Å².